The zero-order valence-electron chi connectivity index (χ0n) is 9.05. The summed E-state index contributed by atoms with van der Waals surface area (Å²) in [6.07, 6.45) is 1.54. The third kappa shape index (κ3) is 1.85. The Hall–Kier alpha value is -1.59. The molecule has 0 atom stereocenters. The van der Waals surface area contributed by atoms with Gasteiger partial charge in [-0.15, -0.1) is 9.36 Å². The Balaban J connectivity index is 2.23. The maximum Gasteiger partial charge on any atom is 0.355 e. The number of benzene rings is 1. The summed E-state index contributed by atoms with van der Waals surface area (Å²) < 4.78 is 2.33. The van der Waals surface area contributed by atoms with E-state index in [0.717, 1.165) is 14.9 Å². The van der Waals surface area contributed by atoms with E-state index in [4.69, 9.17) is 11.6 Å². The fraction of sp³-hybridized carbons (Fsp3) is 0. The van der Waals surface area contributed by atoms with Gasteiger partial charge in [-0.2, -0.15) is 0 Å². The van der Waals surface area contributed by atoms with Crippen LogP contribution in [0.15, 0.2) is 47.1 Å². The molecule has 0 aliphatic rings. The van der Waals surface area contributed by atoms with Crippen LogP contribution in [0.2, 0.25) is 5.02 Å². The Morgan fingerprint density at radius 1 is 1.17 bits per heavy atom. The minimum absolute atomic E-state index is 0.352. The standard InChI is InChI=1S/C12H7BrClN3O/c13-9-3-1-8(2-4-9)12-15-11-6-5-10(14)7-16(11)17(12)18/h1-7H. The van der Waals surface area contributed by atoms with Crippen LogP contribution in [-0.4, -0.2) is 9.50 Å². The third-order valence-electron chi connectivity index (χ3n) is 2.57. The number of hydrogen-bond donors (Lipinski definition) is 0. The fourth-order valence-electron chi connectivity index (χ4n) is 1.72. The average molecular weight is 325 g/mol. The molecule has 0 N–H and O–H groups in total. The van der Waals surface area contributed by atoms with Crippen molar-refractivity contribution in [2.24, 2.45) is 0 Å². The summed E-state index contributed by atoms with van der Waals surface area (Å²) in [7, 11) is 0. The summed E-state index contributed by atoms with van der Waals surface area (Å²) >= 11 is 9.21. The van der Waals surface area contributed by atoms with Crippen LogP contribution < -0.4 is 4.85 Å². The van der Waals surface area contributed by atoms with Crippen LogP contribution in [-0.2, 0) is 0 Å². The lowest BCUT2D eigenvalue weighted by atomic mass is 10.2. The molecule has 6 heteroatoms. The highest BCUT2D eigenvalue weighted by Gasteiger charge is 2.18. The van der Waals surface area contributed by atoms with E-state index < -0.39 is 0 Å². The zero-order valence-corrected chi connectivity index (χ0v) is 11.4. The van der Waals surface area contributed by atoms with Gasteiger partial charge in [0, 0.05) is 10.5 Å². The van der Waals surface area contributed by atoms with Gasteiger partial charge < -0.3 is 5.21 Å². The Bertz CT molecular complexity index is 724. The second kappa shape index (κ2) is 4.26. The fourth-order valence-corrected chi connectivity index (χ4v) is 2.14. The molecule has 0 amide bonds. The molecule has 4 nitrogen and oxygen atoms in total. The van der Waals surface area contributed by atoms with E-state index >= 15 is 0 Å². The molecule has 0 saturated carbocycles. The lowest BCUT2D eigenvalue weighted by Crippen LogP contribution is -2.34. The third-order valence-corrected chi connectivity index (χ3v) is 3.32. The number of nitrogens with zero attached hydrogens (tertiary/aromatic N) is 3. The van der Waals surface area contributed by atoms with Gasteiger partial charge in [0.25, 0.3) is 5.65 Å². The van der Waals surface area contributed by atoms with E-state index in [1.54, 1.807) is 18.3 Å². The summed E-state index contributed by atoms with van der Waals surface area (Å²) in [5.41, 5.74) is 1.32. The average Bonchev–Trinajstić information content (AvgIpc) is 2.68. The smallest absolute Gasteiger partial charge is 0.355 e. The molecule has 0 spiro atoms. The number of halogens is 2. The Morgan fingerprint density at radius 3 is 2.61 bits per heavy atom. The van der Waals surface area contributed by atoms with Gasteiger partial charge in [-0.3, -0.25) is 0 Å². The molecule has 2 aromatic heterocycles. The molecule has 0 unspecified atom stereocenters. The van der Waals surface area contributed by atoms with Crippen molar-refractivity contribution in [3.63, 3.8) is 0 Å². The highest BCUT2D eigenvalue weighted by atomic mass is 79.9. The van der Waals surface area contributed by atoms with E-state index in [-0.39, 0.29) is 0 Å². The van der Waals surface area contributed by atoms with Crippen LogP contribution in [0, 0.1) is 5.21 Å². The van der Waals surface area contributed by atoms with Gasteiger partial charge in [-0.05, 0) is 35.3 Å². The molecule has 2 heterocycles. The van der Waals surface area contributed by atoms with E-state index in [1.807, 2.05) is 24.3 Å². The van der Waals surface area contributed by atoms with Crippen molar-refractivity contribution in [3.05, 3.63) is 57.3 Å². The lowest BCUT2D eigenvalue weighted by molar-refractivity contribution is -0.667. The molecular weight excluding hydrogens is 318 g/mol. The minimum atomic E-state index is 0.352. The zero-order chi connectivity index (χ0) is 12.7. The Kier molecular flexibility index (Phi) is 2.72. The number of rotatable bonds is 1. The first-order chi connectivity index (χ1) is 8.65. The van der Waals surface area contributed by atoms with Crippen LogP contribution in [0.4, 0.5) is 0 Å². The van der Waals surface area contributed by atoms with E-state index in [2.05, 4.69) is 20.9 Å². The van der Waals surface area contributed by atoms with Gasteiger partial charge in [-0.25, -0.2) is 0 Å². The van der Waals surface area contributed by atoms with Crippen molar-refractivity contribution in [1.29, 1.82) is 0 Å². The Labute approximate surface area is 116 Å². The largest absolute Gasteiger partial charge is 0.692 e. The van der Waals surface area contributed by atoms with Crippen LogP contribution >= 0.6 is 27.5 Å². The number of fused-ring (bicyclic) bond motifs is 1. The molecule has 0 radical (unpaired) electrons. The van der Waals surface area contributed by atoms with Gasteiger partial charge in [0.05, 0.1) is 16.8 Å². The second-order valence-electron chi connectivity index (χ2n) is 3.77. The summed E-state index contributed by atoms with van der Waals surface area (Å²) in [5, 5.41) is 12.6. The first-order valence-electron chi connectivity index (χ1n) is 5.18. The molecule has 0 aliphatic carbocycles. The summed E-state index contributed by atoms with van der Waals surface area (Å²) in [5.74, 6) is 0.352. The highest BCUT2D eigenvalue weighted by molar-refractivity contribution is 9.10. The number of aromatic nitrogens is 3. The first kappa shape index (κ1) is 11.5. The van der Waals surface area contributed by atoms with Crippen LogP contribution in [0.3, 0.4) is 0 Å². The Morgan fingerprint density at radius 2 is 1.89 bits per heavy atom. The number of pyridine rings is 1. The first-order valence-corrected chi connectivity index (χ1v) is 6.35. The molecule has 18 heavy (non-hydrogen) atoms. The number of hydrogen-bond acceptors (Lipinski definition) is 2. The van der Waals surface area contributed by atoms with Crippen molar-refractivity contribution in [2.75, 3.05) is 0 Å². The highest BCUT2D eigenvalue weighted by Crippen LogP contribution is 2.19. The van der Waals surface area contributed by atoms with Crippen molar-refractivity contribution in [2.45, 2.75) is 0 Å². The summed E-state index contributed by atoms with van der Waals surface area (Å²) in [6, 6.07) is 10.8. The minimum Gasteiger partial charge on any atom is -0.692 e. The quantitative estimate of drug-likeness (QED) is 0.510. The van der Waals surface area contributed by atoms with Crippen molar-refractivity contribution < 1.29 is 4.85 Å². The van der Waals surface area contributed by atoms with Gasteiger partial charge in [0.1, 0.15) is 0 Å². The molecule has 0 bridgehead atoms. The summed E-state index contributed by atoms with van der Waals surface area (Å²) in [6.45, 7) is 0. The molecule has 3 aromatic rings. The van der Waals surface area contributed by atoms with Crippen LogP contribution in [0.1, 0.15) is 0 Å². The lowest BCUT2D eigenvalue weighted by Gasteiger charge is -2.02. The summed E-state index contributed by atoms with van der Waals surface area (Å²) in [4.78, 5) is 5.02. The predicted molar refractivity (Wildman–Crippen MR) is 72.3 cm³/mol. The second-order valence-corrected chi connectivity index (χ2v) is 5.12. The molecular formula is C12H7BrClN3O. The van der Waals surface area contributed by atoms with Crippen LogP contribution in [0.5, 0.6) is 0 Å². The molecule has 1 aromatic carbocycles. The monoisotopic (exact) mass is 323 g/mol. The van der Waals surface area contributed by atoms with Gasteiger partial charge >= 0.3 is 5.82 Å². The van der Waals surface area contributed by atoms with Gasteiger partial charge in [0.2, 0.25) is 0 Å². The topological polar surface area (TPSA) is 44.2 Å². The molecule has 0 saturated heterocycles. The SMILES string of the molecule is [O-][n+]1c(-c2ccc(Br)cc2)nc2ccc(Cl)cn21. The predicted octanol–water partition coefficient (Wildman–Crippen LogP) is 3.05. The molecule has 0 fully saturated rings. The van der Waals surface area contributed by atoms with Crippen molar-refractivity contribution in [1.82, 2.24) is 9.50 Å². The molecule has 0 aliphatic heterocycles. The maximum absolute atomic E-state index is 12.1. The maximum atomic E-state index is 12.1. The van der Waals surface area contributed by atoms with Gasteiger partial charge in [-0.1, -0.05) is 27.5 Å². The van der Waals surface area contributed by atoms with Crippen molar-refractivity contribution >= 4 is 33.2 Å². The van der Waals surface area contributed by atoms with E-state index in [9.17, 15) is 5.21 Å². The van der Waals surface area contributed by atoms with Crippen molar-refractivity contribution in [3.8, 4) is 11.4 Å². The van der Waals surface area contributed by atoms with E-state index in [0.29, 0.717) is 16.5 Å². The van der Waals surface area contributed by atoms with E-state index in [1.165, 1.54) is 4.52 Å². The normalized spacial score (nSPS) is 11.0. The van der Waals surface area contributed by atoms with Crippen LogP contribution in [0.25, 0.3) is 17.0 Å². The molecule has 3 rings (SSSR count). The molecule has 90 valence electrons. The van der Waals surface area contributed by atoms with Gasteiger partial charge in [0.15, 0.2) is 0 Å².